The zero-order valence-electron chi connectivity index (χ0n) is 18.1. The van der Waals surface area contributed by atoms with E-state index in [1.54, 1.807) is 0 Å². The van der Waals surface area contributed by atoms with Crippen LogP contribution in [0, 0.1) is 11.8 Å². The second-order valence-electron chi connectivity index (χ2n) is 7.52. The SMILES string of the molecule is C=C(CC(C(=O)OCC(CC)CCCC)S(=O)(=O)O)OCC(CC)CCCC. The molecule has 7 heteroatoms. The van der Waals surface area contributed by atoms with E-state index in [4.69, 9.17) is 9.47 Å². The van der Waals surface area contributed by atoms with Crippen LogP contribution in [0.3, 0.4) is 0 Å². The molecule has 166 valence electrons. The molecule has 3 unspecified atom stereocenters. The average Bonchev–Trinajstić information content (AvgIpc) is 2.65. The summed E-state index contributed by atoms with van der Waals surface area (Å²) < 4.78 is 43.6. The number of rotatable bonds is 17. The van der Waals surface area contributed by atoms with Crippen LogP contribution in [-0.4, -0.2) is 37.4 Å². The maximum Gasteiger partial charge on any atom is 0.327 e. The van der Waals surface area contributed by atoms with Gasteiger partial charge in [-0.2, -0.15) is 8.42 Å². The smallest absolute Gasteiger partial charge is 0.327 e. The third-order valence-electron chi connectivity index (χ3n) is 5.11. The largest absolute Gasteiger partial charge is 0.498 e. The third kappa shape index (κ3) is 11.7. The Labute approximate surface area is 171 Å². The molecule has 0 bridgehead atoms. The highest BCUT2D eigenvalue weighted by molar-refractivity contribution is 7.87. The molecule has 0 aromatic rings. The number of unbranched alkanes of at least 4 members (excludes halogenated alkanes) is 2. The topological polar surface area (TPSA) is 89.9 Å². The maximum atomic E-state index is 12.3. The van der Waals surface area contributed by atoms with Gasteiger partial charge in [0.05, 0.1) is 19.0 Å². The standard InChI is InChI=1S/C21H40O6S/c1-6-10-12-18(8-3)15-26-17(5)14-20(28(23,24)25)21(22)27-16-19(9-4)13-11-7-2/h18-20H,5-16H2,1-4H3,(H,23,24,25). The molecule has 1 N–H and O–H groups in total. The van der Waals surface area contributed by atoms with E-state index in [-0.39, 0.29) is 24.7 Å². The van der Waals surface area contributed by atoms with Gasteiger partial charge in [0, 0.05) is 6.42 Å². The fraction of sp³-hybridized carbons (Fsp3) is 0.857. The Morgan fingerprint density at radius 2 is 1.39 bits per heavy atom. The molecule has 0 aromatic heterocycles. The van der Waals surface area contributed by atoms with Gasteiger partial charge in [-0.1, -0.05) is 72.8 Å². The first-order valence-corrected chi connectivity index (χ1v) is 12.1. The lowest BCUT2D eigenvalue weighted by Gasteiger charge is -2.20. The van der Waals surface area contributed by atoms with Crippen LogP contribution < -0.4 is 0 Å². The summed E-state index contributed by atoms with van der Waals surface area (Å²) in [6.07, 6.45) is 7.72. The van der Waals surface area contributed by atoms with E-state index in [9.17, 15) is 17.8 Å². The van der Waals surface area contributed by atoms with Gasteiger partial charge in [0.2, 0.25) is 0 Å². The summed E-state index contributed by atoms with van der Waals surface area (Å²) >= 11 is 0. The molecule has 0 saturated heterocycles. The fourth-order valence-corrected chi connectivity index (χ4v) is 3.61. The average molecular weight is 421 g/mol. The van der Waals surface area contributed by atoms with Gasteiger partial charge in [-0.15, -0.1) is 0 Å². The molecule has 0 spiro atoms. The van der Waals surface area contributed by atoms with E-state index in [1.165, 1.54) is 0 Å². The maximum absolute atomic E-state index is 12.3. The van der Waals surface area contributed by atoms with Crippen molar-refractivity contribution in [3.05, 3.63) is 12.3 Å². The molecule has 28 heavy (non-hydrogen) atoms. The van der Waals surface area contributed by atoms with Gasteiger partial charge < -0.3 is 9.47 Å². The van der Waals surface area contributed by atoms with Crippen molar-refractivity contribution in [2.24, 2.45) is 11.8 Å². The Morgan fingerprint density at radius 1 is 0.929 bits per heavy atom. The van der Waals surface area contributed by atoms with Crippen LogP contribution in [-0.2, 0) is 24.4 Å². The van der Waals surface area contributed by atoms with Gasteiger partial charge in [-0.25, -0.2) is 0 Å². The number of ether oxygens (including phenoxy) is 2. The molecule has 0 aromatic carbocycles. The highest BCUT2D eigenvalue weighted by atomic mass is 32.2. The molecular formula is C21H40O6S. The molecule has 0 amide bonds. The molecule has 0 radical (unpaired) electrons. The second kappa shape index (κ2) is 14.9. The first-order valence-electron chi connectivity index (χ1n) is 10.6. The summed E-state index contributed by atoms with van der Waals surface area (Å²) in [4.78, 5) is 12.3. The zero-order chi connectivity index (χ0) is 21.6. The second-order valence-corrected chi connectivity index (χ2v) is 9.12. The van der Waals surface area contributed by atoms with Gasteiger partial charge >= 0.3 is 5.97 Å². The minimum absolute atomic E-state index is 0.156. The Bertz CT molecular complexity index is 543. The lowest BCUT2D eigenvalue weighted by atomic mass is 10.0. The van der Waals surface area contributed by atoms with Crippen molar-refractivity contribution in [1.29, 1.82) is 0 Å². The van der Waals surface area contributed by atoms with E-state index in [2.05, 4.69) is 27.4 Å². The lowest BCUT2D eigenvalue weighted by molar-refractivity contribution is -0.144. The number of allylic oxidation sites excluding steroid dienone is 1. The number of hydrogen-bond donors (Lipinski definition) is 1. The highest BCUT2D eigenvalue weighted by Crippen LogP contribution is 2.19. The van der Waals surface area contributed by atoms with Gasteiger partial charge in [-0.3, -0.25) is 9.35 Å². The quantitative estimate of drug-likeness (QED) is 0.199. The molecule has 0 fully saturated rings. The van der Waals surface area contributed by atoms with Crippen molar-refractivity contribution in [3.63, 3.8) is 0 Å². The predicted molar refractivity (Wildman–Crippen MR) is 113 cm³/mol. The van der Waals surface area contributed by atoms with Gasteiger partial charge in [-0.05, 0) is 24.7 Å². The van der Waals surface area contributed by atoms with Gasteiger partial charge in [0.15, 0.2) is 5.25 Å². The van der Waals surface area contributed by atoms with Gasteiger partial charge in [0.1, 0.15) is 0 Å². The van der Waals surface area contributed by atoms with E-state index in [0.717, 1.165) is 51.4 Å². The third-order valence-corrected chi connectivity index (χ3v) is 6.18. The Kier molecular flexibility index (Phi) is 14.3. The first-order chi connectivity index (χ1) is 13.2. The van der Waals surface area contributed by atoms with Crippen molar-refractivity contribution in [1.82, 2.24) is 0 Å². The van der Waals surface area contributed by atoms with E-state index >= 15 is 0 Å². The molecule has 6 nitrogen and oxygen atoms in total. The van der Waals surface area contributed by atoms with E-state index in [0.29, 0.717) is 12.5 Å². The number of carbonyl (C=O) groups is 1. The summed E-state index contributed by atoms with van der Waals surface area (Å²) in [6, 6.07) is 0. The van der Waals surface area contributed by atoms with E-state index in [1.807, 2.05) is 6.92 Å². The first kappa shape index (κ1) is 26.9. The summed E-state index contributed by atoms with van der Waals surface area (Å²) in [5.74, 6) is -0.223. The molecule has 3 atom stereocenters. The molecule has 0 aliphatic carbocycles. The van der Waals surface area contributed by atoms with Crippen LogP contribution in [0.5, 0.6) is 0 Å². The van der Waals surface area contributed by atoms with Crippen molar-refractivity contribution >= 4 is 16.1 Å². The Morgan fingerprint density at radius 3 is 1.79 bits per heavy atom. The number of esters is 1. The Hall–Kier alpha value is -1.08. The monoisotopic (exact) mass is 420 g/mol. The molecule has 0 saturated carbocycles. The molecule has 0 heterocycles. The molecule has 0 aliphatic rings. The van der Waals surface area contributed by atoms with Crippen LogP contribution >= 0.6 is 0 Å². The van der Waals surface area contributed by atoms with Crippen molar-refractivity contribution in [2.45, 2.75) is 90.7 Å². The van der Waals surface area contributed by atoms with Crippen molar-refractivity contribution < 1.29 is 27.2 Å². The number of hydrogen-bond acceptors (Lipinski definition) is 5. The van der Waals surface area contributed by atoms with Crippen LogP contribution in [0.4, 0.5) is 0 Å². The van der Waals surface area contributed by atoms with E-state index < -0.39 is 21.3 Å². The Balaban J connectivity index is 4.73. The summed E-state index contributed by atoms with van der Waals surface area (Å²) in [6.45, 7) is 12.6. The summed E-state index contributed by atoms with van der Waals surface area (Å²) in [7, 11) is -4.60. The minimum Gasteiger partial charge on any atom is -0.498 e. The van der Waals surface area contributed by atoms with Crippen LogP contribution in [0.2, 0.25) is 0 Å². The van der Waals surface area contributed by atoms with Crippen molar-refractivity contribution in [3.8, 4) is 0 Å². The van der Waals surface area contributed by atoms with Crippen LogP contribution in [0.25, 0.3) is 0 Å². The summed E-state index contributed by atoms with van der Waals surface area (Å²) in [5.41, 5.74) is 0. The lowest BCUT2D eigenvalue weighted by Crippen LogP contribution is -2.33. The van der Waals surface area contributed by atoms with Crippen LogP contribution in [0.1, 0.15) is 85.5 Å². The van der Waals surface area contributed by atoms with Crippen molar-refractivity contribution in [2.75, 3.05) is 13.2 Å². The number of carbonyl (C=O) groups excluding carboxylic acids is 1. The zero-order valence-corrected chi connectivity index (χ0v) is 18.9. The minimum atomic E-state index is -4.60. The van der Waals surface area contributed by atoms with Crippen LogP contribution in [0.15, 0.2) is 12.3 Å². The molecule has 0 rings (SSSR count). The molecular weight excluding hydrogens is 380 g/mol. The van der Waals surface area contributed by atoms with Gasteiger partial charge in [0.25, 0.3) is 10.1 Å². The highest BCUT2D eigenvalue weighted by Gasteiger charge is 2.34. The predicted octanol–water partition coefficient (Wildman–Crippen LogP) is 5.14. The normalized spacial score (nSPS) is 14.9. The summed E-state index contributed by atoms with van der Waals surface area (Å²) in [5, 5.41) is -1.70. The molecule has 0 aliphatic heterocycles. The fourth-order valence-electron chi connectivity index (χ4n) is 2.90.